The number of H-pyrrole nitrogens is 1. The lowest BCUT2D eigenvalue weighted by Gasteiger charge is -2.10. The molecule has 0 unspecified atom stereocenters. The van der Waals surface area contributed by atoms with Gasteiger partial charge in [0.25, 0.3) is 5.56 Å². The highest BCUT2D eigenvalue weighted by atomic mass is 16.1. The summed E-state index contributed by atoms with van der Waals surface area (Å²) in [5.74, 6) is 0. The minimum atomic E-state index is -0.161. The largest absolute Gasteiger partial charge is 0.385 e. The SMILES string of the molecule is C=CCNCCCCCNc1cccc(-c2n[nH]c(=O)c3ccccc23)c1. The number of benzene rings is 2. The lowest BCUT2D eigenvalue weighted by atomic mass is 10.0. The third kappa shape index (κ3) is 5.05. The molecule has 0 atom stereocenters. The lowest BCUT2D eigenvalue weighted by Crippen LogP contribution is -2.14. The number of rotatable bonds is 10. The van der Waals surface area contributed by atoms with Crippen LogP contribution in [0.4, 0.5) is 5.69 Å². The fourth-order valence-electron chi connectivity index (χ4n) is 3.10. The Labute approximate surface area is 159 Å². The van der Waals surface area contributed by atoms with Crippen LogP contribution < -0.4 is 16.2 Å². The molecule has 0 aliphatic carbocycles. The molecule has 0 fully saturated rings. The van der Waals surface area contributed by atoms with Crippen LogP contribution in [0.3, 0.4) is 0 Å². The van der Waals surface area contributed by atoms with Crippen LogP contribution in [0.15, 0.2) is 66.0 Å². The van der Waals surface area contributed by atoms with Gasteiger partial charge < -0.3 is 10.6 Å². The zero-order chi connectivity index (χ0) is 18.9. The number of hydrogen-bond acceptors (Lipinski definition) is 4. The summed E-state index contributed by atoms with van der Waals surface area (Å²) in [7, 11) is 0. The Bertz CT molecular complexity index is 948. The van der Waals surface area contributed by atoms with Gasteiger partial charge in [-0.25, -0.2) is 5.10 Å². The molecule has 1 heterocycles. The molecule has 2 aromatic carbocycles. The minimum absolute atomic E-state index is 0.161. The van der Waals surface area contributed by atoms with E-state index in [-0.39, 0.29) is 5.56 Å². The first-order valence-electron chi connectivity index (χ1n) is 9.43. The molecule has 3 N–H and O–H groups in total. The van der Waals surface area contributed by atoms with Crippen molar-refractivity contribution in [3.63, 3.8) is 0 Å². The quantitative estimate of drug-likeness (QED) is 0.377. The fraction of sp³-hybridized carbons (Fsp3) is 0.273. The summed E-state index contributed by atoms with van der Waals surface area (Å²) >= 11 is 0. The van der Waals surface area contributed by atoms with Gasteiger partial charge in [-0.05, 0) is 37.6 Å². The summed E-state index contributed by atoms with van der Waals surface area (Å²) in [4.78, 5) is 12.0. The first-order chi connectivity index (χ1) is 13.3. The van der Waals surface area contributed by atoms with Crippen LogP contribution in [0.25, 0.3) is 22.0 Å². The maximum absolute atomic E-state index is 12.0. The molecule has 140 valence electrons. The molecule has 3 aromatic rings. The molecule has 0 radical (unpaired) electrons. The van der Waals surface area contributed by atoms with Crippen molar-refractivity contribution in [1.29, 1.82) is 0 Å². The van der Waals surface area contributed by atoms with E-state index in [1.165, 1.54) is 12.8 Å². The molecule has 0 saturated carbocycles. The molecule has 5 nitrogen and oxygen atoms in total. The Morgan fingerprint density at radius 3 is 2.67 bits per heavy atom. The summed E-state index contributed by atoms with van der Waals surface area (Å²) in [5.41, 5.74) is 2.68. The van der Waals surface area contributed by atoms with Gasteiger partial charge in [-0.15, -0.1) is 6.58 Å². The van der Waals surface area contributed by atoms with Crippen molar-refractivity contribution < 1.29 is 0 Å². The Hall–Kier alpha value is -2.92. The average Bonchev–Trinajstić information content (AvgIpc) is 2.71. The summed E-state index contributed by atoms with van der Waals surface area (Å²) in [6, 6.07) is 15.7. The molecule has 27 heavy (non-hydrogen) atoms. The van der Waals surface area contributed by atoms with Crippen LogP contribution >= 0.6 is 0 Å². The van der Waals surface area contributed by atoms with Crippen molar-refractivity contribution in [2.45, 2.75) is 19.3 Å². The van der Waals surface area contributed by atoms with Gasteiger partial charge in [0.05, 0.1) is 11.1 Å². The summed E-state index contributed by atoms with van der Waals surface area (Å²) in [6.07, 6.45) is 5.36. The maximum Gasteiger partial charge on any atom is 0.272 e. The molecule has 0 aliphatic heterocycles. The average molecular weight is 362 g/mol. The van der Waals surface area contributed by atoms with E-state index in [1.54, 1.807) is 0 Å². The van der Waals surface area contributed by atoms with E-state index in [2.05, 4.69) is 39.5 Å². The number of fused-ring (bicyclic) bond motifs is 1. The third-order valence-corrected chi connectivity index (χ3v) is 4.48. The molecule has 0 spiro atoms. The van der Waals surface area contributed by atoms with Crippen molar-refractivity contribution in [1.82, 2.24) is 15.5 Å². The first-order valence-corrected chi connectivity index (χ1v) is 9.43. The Balaban J connectivity index is 1.62. The van der Waals surface area contributed by atoms with Crippen molar-refractivity contribution in [2.75, 3.05) is 25.0 Å². The van der Waals surface area contributed by atoms with Crippen LogP contribution in [-0.2, 0) is 0 Å². The topological polar surface area (TPSA) is 69.8 Å². The normalized spacial score (nSPS) is 10.8. The predicted octanol–water partition coefficient (Wildman–Crippen LogP) is 3.95. The highest BCUT2D eigenvalue weighted by molar-refractivity contribution is 5.94. The van der Waals surface area contributed by atoms with E-state index >= 15 is 0 Å². The van der Waals surface area contributed by atoms with E-state index in [9.17, 15) is 4.79 Å². The van der Waals surface area contributed by atoms with Crippen molar-refractivity contribution in [3.8, 4) is 11.3 Å². The summed E-state index contributed by atoms with van der Waals surface area (Å²) in [5, 5.41) is 15.2. The molecule has 0 saturated heterocycles. The number of aromatic amines is 1. The first kappa shape index (κ1) is 18.9. The molecule has 3 rings (SSSR count). The number of anilines is 1. The highest BCUT2D eigenvalue weighted by Crippen LogP contribution is 2.26. The van der Waals surface area contributed by atoms with E-state index in [1.807, 2.05) is 42.5 Å². The van der Waals surface area contributed by atoms with Crippen LogP contribution in [0.5, 0.6) is 0 Å². The van der Waals surface area contributed by atoms with Gasteiger partial charge in [0, 0.05) is 29.7 Å². The monoisotopic (exact) mass is 362 g/mol. The van der Waals surface area contributed by atoms with Crippen LogP contribution in [0.1, 0.15) is 19.3 Å². The van der Waals surface area contributed by atoms with E-state index < -0.39 is 0 Å². The van der Waals surface area contributed by atoms with E-state index in [0.717, 1.165) is 48.4 Å². The van der Waals surface area contributed by atoms with Crippen LogP contribution in [0, 0.1) is 0 Å². The molecule has 0 amide bonds. The molecule has 5 heteroatoms. The summed E-state index contributed by atoms with van der Waals surface area (Å²) < 4.78 is 0. The molecular formula is C22H26N4O. The standard InChI is InChI=1S/C22H26N4O/c1-2-13-23-14-6-3-7-15-24-18-10-8-9-17(16-18)21-19-11-4-5-12-20(19)22(27)26-25-21/h2,4-5,8-12,16,23-24H,1,3,6-7,13-15H2,(H,26,27). The van der Waals surface area contributed by atoms with Gasteiger partial charge in [0.2, 0.25) is 0 Å². The van der Waals surface area contributed by atoms with Crippen molar-refractivity contribution in [3.05, 3.63) is 71.5 Å². The maximum atomic E-state index is 12.0. The minimum Gasteiger partial charge on any atom is -0.385 e. The highest BCUT2D eigenvalue weighted by Gasteiger charge is 2.08. The lowest BCUT2D eigenvalue weighted by molar-refractivity contribution is 0.638. The van der Waals surface area contributed by atoms with Gasteiger partial charge in [0.1, 0.15) is 0 Å². The number of aromatic nitrogens is 2. The van der Waals surface area contributed by atoms with E-state index in [0.29, 0.717) is 5.39 Å². The van der Waals surface area contributed by atoms with Gasteiger partial charge in [-0.3, -0.25) is 4.79 Å². The van der Waals surface area contributed by atoms with Crippen LogP contribution in [-0.4, -0.2) is 29.8 Å². The molecular weight excluding hydrogens is 336 g/mol. The van der Waals surface area contributed by atoms with Gasteiger partial charge in [0.15, 0.2) is 0 Å². The third-order valence-electron chi connectivity index (χ3n) is 4.48. The zero-order valence-corrected chi connectivity index (χ0v) is 15.5. The number of hydrogen-bond donors (Lipinski definition) is 3. The molecule has 1 aromatic heterocycles. The van der Waals surface area contributed by atoms with Gasteiger partial charge >= 0.3 is 0 Å². The second-order valence-corrected chi connectivity index (χ2v) is 6.51. The van der Waals surface area contributed by atoms with Gasteiger partial charge in [-0.1, -0.05) is 42.8 Å². The van der Waals surface area contributed by atoms with Crippen LogP contribution in [0.2, 0.25) is 0 Å². The Morgan fingerprint density at radius 1 is 1.00 bits per heavy atom. The Kier molecular flexibility index (Phi) is 6.77. The number of unbranched alkanes of at least 4 members (excludes halogenated alkanes) is 2. The van der Waals surface area contributed by atoms with E-state index in [4.69, 9.17) is 0 Å². The predicted molar refractivity (Wildman–Crippen MR) is 113 cm³/mol. The van der Waals surface area contributed by atoms with Crippen molar-refractivity contribution in [2.24, 2.45) is 0 Å². The number of nitrogens with zero attached hydrogens (tertiary/aromatic N) is 1. The Morgan fingerprint density at radius 2 is 1.81 bits per heavy atom. The molecule has 0 bridgehead atoms. The second kappa shape index (κ2) is 9.69. The summed E-state index contributed by atoms with van der Waals surface area (Å²) in [6.45, 7) is 6.54. The smallest absolute Gasteiger partial charge is 0.272 e. The second-order valence-electron chi connectivity index (χ2n) is 6.51. The fourth-order valence-corrected chi connectivity index (χ4v) is 3.10. The van der Waals surface area contributed by atoms with Crippen molar-refractivity contribution >= 4 is 16.5 Å². The van der Waals surface area contributed by atoms with Gasteiger partial charge in [-0.2, -0.15) is 5.10 Å². The zero-order valence-electron chi connectivity index (χ0n) is 15.5. The molecule has 0 aliphatic rings. The number of nitrogens with one attached hydrogen (secondary N) is 3.